The van der Waals surface area contributed by atoms with Gasteiger partial charge in [0.05, 0.1) is 5.92 Å². The Morgan fingerprint density at radius 3 is 2.58 bits per heavy atom. The van der Waals surface area contributed by atoms with Crippen molar-refractivity contribution < 1.29 is 9.90 Å². The second kappa shape index (κ2) is 3.90. The van der Waals surface area contributed by atoms with Crippen molar-refractivity contribution in [3.05, 3.63) is 0 Å². The van der Waals surface area contributed by atoms with Crippen molar-refractivity contribution in [2.45, 2.75) is 32.7 Å². The van der Waals surface area contributed by atoms with Gasteiger partial charge in [0.25, 0.3) is 0 Å². The van der Waals surface area contributed by atoms with E-state index in [-0.39, 0.29) is 5.92 Å². The molecule has 0 amide bonds. The first-order valence-corrected chi connectivity index (χ1v) is 4.57. The van der Waals surface area contributed by atoms with Crippen LogP contribution in [-0.2, 0) is 4.79 Å². The van der Waals surface area contributed by atoms with Gasteiger partial charge in [0.2, 0.25) is 0 Å². The summed E-state index contributed by atoms with van der Waals surface area (Å²) in [5, 5.41) is 11.9. The second-order valence-corrected chi connectivity index (χ2v) is 3.77. The molecule has 1 aliphatic rings. The van der Waals surface area contributed by atoms with E-state index < -0.39 is 5.97 Å². The Bertz CT molecular complexity index is 166. The minimum Gasteiger partial charge on any atom is -0.481 e. The minimum atomic E-state index is -0.717. The lowest BCUT2D eigenvalue weighted by Crippen LogP contribution is -2.34. The normalized spacial score (nSPS) is 21.8. The number of carbonyl (C=O) groups is 1. The summed E-state index contributed by atoms with van der Waals surface area (Å²) in [6.07, 6.45) is 2.60. The van der Waals surface area contributed by atoms with Crippen LogP contribution in [0.5, 0.6) is 0 Å². The zero-order chi connectivity index (χ0) is 9.14. The average molecular weight is 171 g/mol. The minimum absolute atomic E-state index is 0.272. The molecular formula is C9H17NO2. The molecule has 12 heavy (non-hydrogen) atoms. The van der Waals surface area contributed by atoms with Crippen LogP contribution in [0.1, 0.15) is 26.7 Å². The lowest BCUT2D eigenvalue weighted by atomic mass is 10.1. The van der Waals surface area contributed by atoms with Crippen LogP contribution in [0.15, 0.2) is 0 Å². The van der Waals surface area contributed by atoms with Crippen molar-refractivity contribution in [1.82, 2.24) is 5.32 Å². The Kier molecular flexibility index (Phi) is 3.09. The quantitative estimate of drug-likeness (QED) is 0.651. The van der Waals surface area contributed by atoms with E-state index in [1.807, 2.05) is 0 Å². The van der Waals surface area contributed by atoms with E-state index in [1.165, 1.54) is 12.8 Å². The van der Waals surface area contributed by atoms with Crippen molar-refractivity contribution >= 4 is 5.97 Å². The van der Waals surface area contributed by atoms with Crippen molar-refractivity contribution in [3.8, 4) is 0 Å². The molecule has 3 nitrogen and oxygen atoms in total. The molecule has 1 aliphatic carbocycles. The second-order valence-electron chi connectivity index (χ2n) is 3.77. The largest absolute Gasteiger partial charge is 0.481 e. The fourth-order valence-electron chi connectivity index (χ4n) is 1.21. The van der Waals surface area contributed by atoms with Gasteiger partial charge in [-0.15, -0.1) is 0 Å². The smallest absolute Gasteiger partial charge is 0.307 e. The fourth-order valence-corrected chi connectivity index (χ4v) is 1.21. The van der Waals surface area contributed by atoms with E-state index in [4.69, 9.17) is 5.11 Å². The number of carboxylic acids is 1. The molecule has 0 heterocycles. The summed E-state index contributed by atoms with van der Waals surface area (Å²) in [6, 6.07) is 0.492. The summed E-state index contributed by atoms with van der Waals surface area (Å²) in [4.78, 5) is 10.5. The zero-order valence-electron chi connectivity index (χ0n) is 7.71. The maximum Gasteiger partial charge on any atom is 0.307 e. The first-order chi connectivity index (χ1) is 5.61. The maximum absolute atomic E-state index is 10.5. The molecule has 3 heteroatoms. The monoisotopic (exact) mass is 171 g/mol. The Labute approximate surface area is 73.2 Å². The van der Waals surface area contributed by atoms with Gasteiger partial charge in [0.1, 0.15) is 0 Å². The van der Waals surface area contributed by atoms with Crippen LogP contribution in [0.3, 0.4) is 0 Å². The summed E-state index contributed by atoms with van der Waals surface area (Å²) in [5.41, 5.74) is 0. The Balaban J connectivity index is 2.11. The lowest BCUT2D eigenvalue weighted by Gasteiger charge is -2.14. The van der Waals surface area contributed by atoms with Gasteiger partial charge in [0, 0.05) is 12.6 Å². The third kappa shape index (κ3) is 2.81. The van der Waals surface area contributed by atoms with Crippen molar-refractivity contribution in [3.63, 3.8) is 0 Å². The predicted molar refractivity (Wildman–Crippen MR) is 47.0 cm³/mol. The van der Waals surface area contributed by atoms with Crippen LogP contribution in [0.25, 0.3) is 0 Å². The Hall–Kier alpha value is -0.570. The molecule has 2 unspecified atom stereocenters. The molecule has 0 bridgehead atoms. The molecule has 2 N–H and O–H groups in total. The van der Waals surface area contributed by atoms with Gasteiger partial charge in [-0.25, -0.2) is 0 Å². The number of aliphatic carboxylic acids is 1. The highest BCUT2D eigenvalue weighted by Gasteiger charge is 2.27. The molecule has 0 aliphatic heterocycles. The van der Waals surface area contributed by atoms with Gasteiger partial charge in [-0.2, -0.15) is 0 Å². The van der Waals surface area contributed by atoms with Gasteiger partial charge in [-0.1, -0.05) is 6.92 Å². The molecule has 0 spiro atoms. The molecule has 0 saturated heterocycles. The molecular weight excluding hydrogens is 154 g/mol. The predicted octanol–water partition coefficient (Wildman–Crippen LogP) is 1.10. The first-order valence-electron chi connectivity index (χ1n) is 4.57. The summed E-state index contributed by atoms with van der Waals surface area (Å²) in [6.45, 7) is 4.45. The highest BCUT2D eigenvalue weighted by Crippen LogP contribution is 2.32. The average Bonchev–Trinajstić information content (AvgIpc) is 2.81. The standard InChI is InChI=1S/C9H17NO2/c1-6(9(11)12)5-10-7(2)8-3-4-8/h6-8,10H,3-5H2,1-2H3,(H,11,12). The SMILES string of the molecule is CC(CNC(C)C1CC1)C(=O)O. The van der Waals surface area contributed by atoms with Gasteiger partial charge in [0.15, 0.2) is 0 Å². The van der Waals surface area contributed by atoms with Gasteiger partial charge < -0.3 is 10.4 Å². The third-order valence-electron chi connectivity index (χ3n) is 2.50. The van der Waals surface area contributed by atoms with E-state index in [0.717, 1.165) is 5.92 Å². The van der Waals surface area contributed by atoms with E-state index in [1.54, 1.807) is 6.92 Å². The topological polar surface area (TPSA) is 49.3 Å². The van der Waals surface area contributed by atoms with E-state index >= 15 is 0 Å². The van der Waals surface area contributed by atoms with Crippen LogP contribution in [-0.4, -0.2) is 23.7 Å². The summed E-state index contributed by atoms with van der Waals surface area (Å²) < 4.78 is 0. The highest BCUT2D eigenvalue weighted by molar-refractivity contribution is 5.69. The number of nitrogens with one attached hydrogen (secondary N) is 1. The molecule has 0 aromatic heterocycles. The van der Waals surface area contributed by atoms with Crippen molar-refractivity contribution in [1.29, 1.82) is 0 Å². The van der Waals surface area contributed by atoms with E-state index in [0.29, 0.717) is 12.6 Å². The summed E-state index contributed by atoms with van der Waals surface area (Å²) in [5.74, 6) is -0.192. The van der Waals surface area contributed by atoms with Crippen molar-refractivity contribution in [2.75, 3.05) is 6.54 Å². The fraction of sp³-hybridized carbons (Fsp3) is 0.889. The van der Waals surface area contributed by atoms with Crippen molar-refractivity contribution in [2.24, 2.45) is 11.8 Å². The zero-order valence-corrected chi connectivity index (χ0v) is 7.71. The maximum atomic E-state index is 10.5. The number of rotatable bonds is 5. The van der Waals surface area contributed by atoms with Crippen LogP contribution in [0.4, 0.5) is 0 Å². The molecule has 1 saturated carbocycles. The highest BCUT2D eigenvalue weighted by atomic mass is 16.4. The van der Waals surface area contributed by atoms with Crippen LogP contribution in [0.2, 0.25) is 0 Å². The number of carboxylic acid groups (broad SMARTS) is 1. The van der Waals surface area contributed by atoms with E-state index in [9.17, 15) is 4.79 Å². The third-order valence-corrected chi connectivity index (χ3v) is 2.50. The molecule has 1 fully saturated rings. The summed E-state index contributed by atoms with van der Waals surface area (Å²) in [7, 11) is 0. The number of hydrogen-bond donors (Lipinski definition) is 2. The van der Waals surface area contributed by atoms with Gasteiger partial charge in [-0.05, 0) is 25.7 Å². The summed E-state index contributed by atoms with van der Waals surface area (Å²) >= 11 is 0. The van der Waals surface area contributed by atoms with Crippen LogP contribution < -0.4 is 5.32 Å². The Morgan fingerprint density at radius 2 is 2.17 bits per heavy atom. The van der Waals surface area contributed by atoms with Gasteiger partial charge >= 0.3 is 5.97 Å². The molecule has 0 aromatic carbocycles. The molecule has 1 rings (SSSR count). The Morgan fingerprint density at radius 1 is 1.58 bits per heavy atom. The molecule has 70 valence electrons. The first kappa shape index (κ1) is 9.52. The van der Waals surface area contributed by atoms with Gasteiger partial charge in [-0.3, -0.25) is 4.79 Å². The van der Waals surface area contributed by atoms with E-state index in [2.05, 4.69) is 12.2 Å². The molecule has 2 atom stereocenters. The molecule has 0 aromatic rings. The van der Waals surface area contributed by atoms with Crippen LogP contribution in [0, 0.1) is 11.8 Å². The lowest BCUT2D eigenvalue weighted by molar-refractivity contribution is -0.140. The van der Waals surface area contributed by atoms with Crippen LogP contribution >= 0.6 is 0 Å². The molecule has 0 radical (unpaired) electrons. The number of hydrogen-bond acceptors (Lipinski definition) is 2.